The van der Waals surface area contributed by atoms with Gasteiger partial charge in [-0.15, -0.1) is 11.8 Å². The first-order valence-electron chi connectivity index (χ1n) is 4.67. The number of hydrogen-bond donors (Lipinski definition) is 0. The molecule has 0 spiro atoms. The van der Waals surface area contributed by atoms with E-state index in [1.54, 1.807) is 13.8 Å². The van der Waals surface area contributed by atoms with Gasteiger partial charge in [-0.1, -0.05) is 0 Å². The molecule has 0 aliphatic carbocycles. The summed E-state index contributed by atoms with van der Waals surface area (Å²) in [4.78, 5) is 0. The van der Waals surface area contributed by atoms with Crippen molar-refractivity contribution < 1.29 is 18.3 Å². The van der Waals surface area contributed by atoms with Crippen molar-refractivity contribution in [1.82, 2.24) is 0 Å². The lowest BCUT2D eigenvalue weighted by Gasteiger charge is -2.24. The molecule has 0 saturated carbocycles. The number of hydrogen-bond acceptors (Lipinski definition) is 5. The Labute approximate surface area is 90.2 Å². The summed E-state index contributed by atoms with van der Waals surface area (Å²) in [5.74, 6) is 0. The van der Waals surface area contributed by atoms with Crippen LogP contribution in [0.4, 0.5) is 0 Å². The molecule has 0 aromatic rings. The van der Waals surface area contributed by atoms with E-state index >= 15 is 0 Å². The van der Waals surface area contributed by atoms with E-state index < -0.39 is 12.8 Å². The van der Waals surface area contributed by atoms with Crippen molar-refractivity contribution in [1.29, 1.82) is 0 Å². The quantitative estimate of drug-likeness (QED) is 0.483. The molecule has 1 atom stereocenters. The Bertz CT molecular complexity index is 178. The molecule has 0 saturated heterocycles. The van der Waals surface area contributed by atoms with Crippen molar-refractivity contribution in [3.63, 3.8) is 0 Å². The Balaban J connectivity index is 4.48. The van der Waals surface area contributed by atoms with Gasteiger partial charge in [0.1, 0.15) is 0 Å². The zero-order valence-electron chi connectivity index (χ0n) is 9.19. The molecule has 14 heavy (non-hydrogen) atoms. The van der Waals surface area contributed by atoms with Crippen molar-refractivity contribution in [2.45, 2.75) is 25.9 Å². The molecule has 0 fully saturated rings. The highest BCUT2D eigenvalue weighted by molar-refractivity contribution is 8.04. The first-order valence-corrected chi connectivity index (χ1v) is 7.57. The van der Waals surface area contributed by atoms with Gasteiger partial charge >= 0.3 is 7.60 Å². The second-order valence-electron chi connectivity index (χ2n) is 2.37. The molecular weight excluding hydrogens is 223 g/mol. The van der Waals surface area contributed by atoms with Gasteiger partial charge in [0.2, 0.25) is 5.18 Å². The molecule has 0 bridgehead atoms. The van der Waals surface area contributed by atoms with E-state index in [-0.39, 0.29) is 0 Å². The van der Waals surface area contributed by atoms with Crippen LogP contribution < -0.4 is 0 Å². The number of ether oxygens (including phenoxy) is 1. The molecular formula is C8H19O4PS. The Kier molecular flexibility index (Phi) is 7.97. The fourth-order valence-electron chi connectivity index (χ4n) is 0.950. The Morgan fingerprint density at radius 1 is 1.14 bits per heavy atom. The summed E-state index contributed by atoms with van der Waals surface area (Å²) in [5.41, 5.74) is 0. The molecule has 0 rings (SSSR count). The lowest BCUT2D eigenvalue weighted by atomic mass is 10.9. The second-order valence-corrected chi connectivity index (χ2v) is 5.69. The number of rotatable bonds is 8. The van der Waals surface area contributed by atoms with Gasteiger partial charge in [0.15, 0.2) is 0 Å². The monoisotopic (exact) mass is 242 g/mol. The Morgan fingerprint density at radius 3 is 1.93 bits per heavy atom. The van der Waals surface area contributed by atoms with Gasteiger partial charge in [-0.2, -0.15) is 0 Å². The largest absolute Gasteiger partial charge is 0.369 e. The average molecular weight is 242 g/mol. The lowest BCUT2D eigenvalue weighted by molar-refractivity contribution is 0.124. The third kappa shape index (κ3) is 4.32. The summed E-state index contributed by atoms with van der Waals surface area (Å²) in [7, 11) is -3.11. The maximum Gasteiger partial charge on any atom is 0.369 e. The fraction of sp³-hybridized carbons (Fsp3) is 1.00. The molecule has 0 N–H and O–H groups in total. The standard InChI is InChI=1S/C8H19O4PS/c1-5-10-8(14-4)13(9,11-6-2)12-7-3/h8H,5-7H2,1-4H3. The van der Waals surface area contributed by atoms with Gasteiger partial charge in [-0.3, -0.25) is 4.57 Å². The van der Waals surface area contributed by atoms with E-state index in [4.69, 9.17) is 13.8 Å². The summed E-state index contributed by atoms with van der Waals surface area (Å²) in [5, 5.41) is -0.521. The van der Waals surface area contributed by atoms with Crippen LogP contribution in [0, 0.1) is 0 Å². The van der Waals surface area contributed by atoms with Crippen LogP contribution in [0.25, 0.3) is 0 Å². The molecule has 4 nitrogen and oxygen atoms in total. The van der Waals surface area contributed by atoms with Gasteiger partial charge < -0.3 is 13.8 Å². The molecule has 0 aromatic carbocycles. The van der Waals surface area contributed by atoms with Crippen molar-refractivity contribution in [3.05, 3.63) is 0 Å². The van der Waals surface area contributed by atoms with Crippen molar-refractivity contribution in [3.8, 4) is 0 Å². The third-order valence-corrected chi connectivity index (χ3v) is 5.24. The summed E-state index contributed by atoms with van der Waals surface area (Å²) >= 11 is 1.35. The smallest absolute Gasteiger partial charge is 0.355 e. The topological polar surface area (TPSA) is 44.8 Å². The summed E-state index contributed by atoms with van der Waals surface area (Å²) in [6.45, 7) is 6.65. The van der Waals surface area contributed by atoms with Crippen molar-refractivity contribution in [2.75, 3.05) is 26.1 Å². The first-order chi connectivity index (χ1) is 6.64. The van der Waals surface area contributed by atoms with E-state index in [1.165, 1.54) is 11.8 Å². The van der Waals surface area contributed by atoms with E-state index in [0.29, 0.717) is 19.8 Å². The zero-order valence-corrected chi connectivity index (χ0v) is 10.9. The lowest BCUT2D eigenvalue weighted by Crippen LogP contribution is -2.13. The highest BCUT2D eigenvalue weighted by atomic mass is 32.2. The molecule has 86 valence electrons. The molecule has 6 heteroatoms. The predicted molar refractivity (Wildman–Crippen MR) is 59.8 cm³/mol. The van der Waals surface area contributed by atoms with Crippen LogP contribution in [0.3, 0.4) is 0 Å². The Morgan fingerprint density at radius 2 is 1.64 bits per heavy atom. The van der Waals surface area contributed by atoms with Crippen LogP contribution in [0.2, 0.25) is 0 Å². The average Bonchev–Trinajstić information content (AvgIpc) is 2.14. The first kappa shape index (κ1) is 14.5. The SMILES string of the molecule is CCOC(SC)P(=O)(OCC)OCC. The predicted octanol–water partition coefficient (Wildman–Crippen LogP) is 2.94. The van der Waals surface area contributed by atoms with E-state index in [9.17, 15) is 4.57 Å². The van der Waals surface area contributed by atoms with E-state index in [1.807, 2.05) is 13.2 Å². The molecule has 0 heterocycles. The molecule has 0 aliphatic rings. The van der Waals surface area contributed by atoms with Crippen molar-refractivity contribution >= 4 is 19.4 Å². The molecule has 0 aromatic heterocycles. The van der Waals surface area contributed by atoms with Crippen LogP contribution >= 0.6 is 19.4 Å². The minimum atomic E-state index is -3.11. The van der Waals surface area contributed by atoms with E-state index in [2.05, 4.69) is 0 Å². The fourth-order valence-corrected chi connectivity index (χ4v) is 3.99. The summed E-state index contributed by atoms with van der Waals surface area (Å²) in [6, 6.07) is 0. The minimum absolute atomic E-state index is 0.363. The highest BCUT2D eigenvalue weighted by Crippen LogP contribution is 2.56. The van der Waals surface area contributed by atoms with E-state index in [0.717, 1.165) is 0 Å². The molecule has 0 aliphatic heterocycles. The third-order valence-electron chi connectivity index (χ3n) is 1.39. The maximum absolute atomic E-state index is 12.1. The molecule has 0 radical (unpaired) electrons. The van der Waals surface area contributed by atoms with Gasteiger partial charge in [0, 0.05) is 6.61 Å². The Hall–Kier alpha value is 0.460. The minimum Gasteiger partial charge on any atom is -0.355 e. The van der Waals surface area contributed by atoms with Crippen LogP contribution in [-0.2, 0) is 18.3 Å². The highest BCUT2D eigenvalue weighted by Gasteiger charge is 2.35. The zero-order chi connectivity index (χ0) is 11.0. The van der Waals surface area contributed by atoms with Crippen LogP contribution in [0.1, 0.15) is 20.8 Å². The van der Waals surface area contributed by atoms with Crippen LogP contribution in [0.5, 0.6) is 0 Å². The van der Waals surface area contributed by atoms with Gasteiger partial charge in [-0.05, 0) is 27.0 Å². The van der Waals surface area contributed by atoms with Crippen molar-refractivity contribution in [2.24, 2.45) is 0 Å². The van der Waals surface area contributed by atoms with Crippen LogP contribution in [-0.4, -0.2) is 31.3 Å². The summed E-state index contributed by atoms with van der Waals surface area (Å²) in [6.07, 6.45) is 1.82. The molecule has 1 unspecified atom stereocenters. The van der Waals surface area contributed by atoms with Gasteiger partial charge in [-0.25, -0.2) is 0 Å². The normalized spacial score (nSPS) is 14.3. The molecule has 0 amide bonds. The van der Waals surface area contributed by atoms with Gasteiger partial charge in [0.25, 0.3) is 0 Å². The number of thioether (sulfide) groups is 1. The summed E-state index contributed by atoms with van der Waals surface area (Å²) < 4.78 is 27.8. The van der Waals surface area contributed by atoms with Crippen LogP contribution in [0.15, 0.2) is 0 Å². The second kappa shape index (κ2) is 7.71. The maximum atomic E-state index is 12.1. The van der Waals surface area contributed by atoms with Gasteiger partial charge in [0.05, 0.1) is 13.2 Å².